The Hall–Kier alpha value is -2.24. The number of benzene rings is 1. The van der Waals surface area contributed by atoms with Crippen molar-refractivity contribution in [1.29, 1.82) is 0 Å². The van der Waals surface area contributed by atoms with E-state index in [1.807, 2.05) is 31.2 Å². The standard InChI is InChI=1S/C11H13N5O/c1-3-11(17)15(16-13-8-12-14-16)10-7-5-4-6-9(10)2/h4-8H,3H2,1-2H3. The monoisotopic (exact) mass is 231 g/mol. The van der Waals surface area contributed by atoms with Gasteiger partial charge in [0.1, 0.15) is 0 Å². The third-order valence-electron chi connectivity index (χ3n) is 2.40. The van der Waals surface area contributed by atoms with Crippen molar-refractivity contribution >= 4 is 11.6 Å². The van der Waals surface area contributed by atoms with Crippen LogP contribution in [-0.2, 0) is 4.79 Å². The fourth-order valence-electron chi connectivity index (χ4n) is 1.53. The van der Waals surface area contributed by atoms with E-state index in [4.69, 9.17) is 0 Å². The summed E-state index contributed by atoms with van der Waals surface area (Å²) in [6, 6.07) is 7.58. The minimum Gasteiger partial charge on any atom is -0.273 e. The number of hydrogen-bond acceptors (Lipinski definition) is 4. The topological polar surface area (TPSA) is 63.9 Å². The summed E-state index contributed by atoms with van der Waals surface area (Å²) in [5, 5.41) is 12.7. The molecule has 0 aliphatic heterocycles. The summed E-state index contributed by atoms with van der Waals surface area (Å²) in [4.78, 5) is 13.2. The molecule has 88 valence electrons. The van der Waals surface area contributed by atoms with Gasteiger partial charge in [-0.3, -0.25) is 4.79 Å². The molecule has 0 aliphatic carbocycles. The number of aryl methyl sites for hydroxylation is 1. The molecule has 0 N–H and O–H groups in total. The maximum Gasteiger partial charge on any atom is 0.248 e. The number of aromatic nitrogens is 4. The molecule has 6 heteroatoms. The Morgan fingerprint density at radius 1 is 1.41 bits per heavy atom. The van der Waals surface area contributed by atoms with E-state index in [0.29, 0.717) is 6.42 Å². The first-order valence-corrected chi connectivity index (χ1v) is 5.36. The molecule has 2 aromatic rings. The molecule has 0 fully saturated rings. The Morgan fingerprint density at radius 3 is 2.76 bits per heavy atom. The highest BCUT2D eigenvalue weighted by atomic mass is 16.2. The van der Waals surface area contributed by atoms with Gasteiger partial charge < -0.3 is 0 Å². The molecule has 1 amide bonds. The second kappa shape index (κ2) is 4.73. The van der Waals surface area contributed by atoms with Gasteiger partial charge in [0, 0.05) is 6.42 Å². The Labute approximate surface area is 98.8 Å². The predicted octanol–water partition coefficient (Wildman–Crippen LogP) is 1.19. The molecule has 1 aromatic heterocycles. The summed E-state index contributed by atoms with van der Waals surface area (Å²) in [6.45, 7) is 3.73. The van der Waals surface area contributed by atoms with Gasteiger partial charge in [0.25, 0.3) is 0 Å². The molecule has 1 heterocycles. The van der Waals surface area contributed by atoms with Gasteiger partial charge in [-0.1, -0.05) is 30.0 Å². The average molecular weight is 231 g/mol. The van der Waals surface area contributed by atoms with Crippen molar-refractivity contribution in [3.63, 3.8) is 0 Å². The molecule has 0 aliphatic rings. The zero-order chi connectivity index (χ0) is 12.3. The van der Waals surface area contributed by atoms with Gasteiger partial charge in [0.2, 0.25) is 5.91 Å². The SMILES string of the molecule is CCC(=O)N(c1ccccc1C)n1ncnn1. The van der Waals surface area contributed by atoms with E-state index in [2.05, 4.69) is 15.4 Å². The molecule has 0 saturated heterocycles. The number of carbonyl (C=O) groups is 1. The highest BCUT2D eigenvalue weighted by molar-refractivity contribution is 5.93. The molecule has 0 unspecified atom stereocenters. The van der Waals surface area contributed by atoms with Crippen LogP contribution >= 0.6 is 0 Å². The van der Waals surface area contributed by atoms with Crippen LogP contribution in [0.3, 0.4) is 0 Å². The lowest BCUT2D eigenvalue weighted by Gasteiger charge is -2.21. The molecule has 17 heavy (non-hydrogen) atoms. The first-order chi connectivity index (χ1) is 8.24. The van der Waals surface area contributed by atoms with Gasteiger partial charge in [-0.2, -0.15) is 5.01 Å². The smallest absolute Gasteiger partial charge is 0.248 e. The number of hydrogen-bond donors (Lipinski definition) is 0. The van der Waals surface area contributed by atoms with E-state index in [-0.39, 0.29) is 5.91 Å². The van der Waals surface area contributed by atoms with Crippen molar-refractivity contribution in [3.8, 4) is 0 Å². The van der Waals surface area contributed by atoms with E-state index >= 15 is 0 Å². The van der Waals surface area contributed by atoms with Crippen LogP contribution in [0.15, 0.2) is 30.6 Å². The third kappa shape index (κ3) is 2.15. The Kier molecular flexibility index (Phi) is 3.13. The lowest BCUT2D eigenvalue weighted by atomic mass is 10.2. The van der Waals surface area contributed by atoms with Crippen molar-refractivity contribution in [3.05, 3.63) is 36.2 Å². The van der Waals surface area contributed by atoms with E-state index in [1.165, 1.54) is 16.2 Å². The van der Waals surface area contributed by atoms with Crippen molar-refractivity contribution < 1.29 is 4.79 Å². The van der Waals surface area contributed by atoms with Gasteiger partial charge in [-0.15, -0.1) is 10.2 Å². The summed E-state index contributed by atoms with van der Waals surface area (Å²) in [5.74, 6) is -0.0858. The van der Waals surface area contributed by atoms with Crippen LogP contribution in [0.4, 0.5) is 5.69 Å². The number of tetrazole rings is 1. The van der Waals surface area contributed by atoms with E-state index in [9.17, 15) is 4.79 Å². The molecule has 0 atom stereocenters. The van der Waals surface area contributed by atoms with Crippen LogP contribution in [0.1, 0.15) is 18.9 Å². The molecule has 0 radical (unpaired) electrons. The summed E-state index contributed by atoms with van der Waals surface area (Å²) in [5.41, 5.74) is 1.74. The molecule has 2 rings (SSSR count). The number of carbonyl (C=O) groups excluding carboxylic acids is 1. The van der Waals surface area contributed by atoms with Crippen molar-refractivity contribution in [1.82, 2.24) is 20.3 Å². The van der Waals surface area contributed by atoms with Crippen molar-refractivity contribution in [2.45, 2.75) is 20.3 Å². The van der Waals surface area contributed by atoms with Crippen LogP contribution in [0.25, 0.3) is 0 Å². The Balaban J connectivity index is 2.48. The van der Waals surface area contributed by atoms with Gasteiger partial charge >= 0.3 is 0 Å². The van der Waals surface area contributed by atoms with E-state index < -0.39 is 0 Å². The number of para-hydroxylation sites is 1. The molecule has 1 aromatic carbocycles. The summed E-state index contributed by atoms with van der Waals surface area (Å²) >= 11 is 0. The average Bonchev–Trinajstić information content (AvgIpc) is 2.85. The fraction of sp³-hybridized carbons (Fsp3) is 0.273. The second-order valence-electron chi connectivity index (χ2n) is 3.55. The summed E-state index contributed by atoms with van der Waals surface area (Å²) in [7, 11) is 0. The van der Waals surface area contributed by atoms with Crippen molar-refractivity contribution in [2.24, 2.45) is 0 Å². The van der Waals surface area contributed by atoms with E-state index in [1.54, 1.807) is 6.92 Å². The maximum absolute atomic E-state index is 12.0. The van der Waals surface area contributed by atoms with Crippen LogP contribution in [0.5, 0.6) is 0 Å². The number of rotatable bonds is 3. The van der Waals surface area contributed by atoms with E-state index in [0.717, 1.165) is 11.3 Å². The molecule has 0 bridgehead atoms. The molecular weight excluding hydrogens is 218 g/mol. The highest BCUT2D eigenvalue weighted by Crippen LogP contribution is 2.19. The third-order valence-corrected chi connectivity index (χ3v) is 2.40. The Morgan fingerprint density at radius 2 is 2.18 bits per heavy atom. The Bertz CT molecular complexity index is 508. The molecular formula is C11H13N5O. The second-order valence-corrected chi connectivity index (χ2v) is 3.55. The first kappa shape index (κ1) is 11.3. The highest BCUT2D eigenvalue weighted by Gasteiger charge is 2.19. The van der Waals surface area contributed by atoms with Gasteiger partial charge in [0.15, 0.2) is 6.33 Å². The van der Waals surface area contributed by atoms with Crippen LogP contribution in [-0.4, -0.2) is 26.2 Å². The molecule has 0 spiro atoms. The summed E-state index contributed by atoms with van der Waals surface area (Å²) < 4.78 is 0. The van der Waals surface area contributed by atoms with Gasteiger partial charge in [0.05, 0.1) is 5.69 Å². The number of nitrogens with zero attached hydrogens (tertiary/aromatic N) is 5. The minimum atomic E-state index is -0.0858. The molecule has 6 nitrogen and oxygen atoms in total. The predicted molar refractivity (Wildman–Crippen MR) is 62.2 cm³/mol. The minimum absolute atomic E-state index is 0.0858. The quantitative estimate of drug-likeness (QED) is 0.795. The largest absolute Gasteiger partial charge is 0.273 e. The maximum atomic E-state index is 12.0. The van der Waals surface area contributed by atoms with Crippen molar-refractivity contribution in [2.75, 3.05) is 5.01 Å². The number of amides is 1. The lowest BCUT2D eigenvalue weighted by Crippen LogP contribution is -2.38. The van der Waals surface area contributed by atoms with Crippen LogP contribution in [0, 0.1) is 6.92 Å². The van der Waals surface area contributed by atoms with Crippen LogP contribution < -0.4 is 5.01 Å². The molecule has 0 saturated carbocycles. The fourth-order valence-corrected chi connectivity index (χ4v) is 1.53. The van der Waals surface area contributed by atoms with Gasteiger partial charge in [-0.25, -0.2) is 0 Å². The van der Waals surface area contributed by atoms with Crippen LogP contribution in [0.2, 0.25) is 0 Å². The summed E-state index contributed by atoms with van der Waals surface area (Å²) in [6.07, 6.45) is 1.67. The normalized spacial score (nSPS) is 10.2. The zero-order valence-corrected chi connectivity index (χ0v) is 9.74. The first-order valence-electron chi connectivity index (χ1n) is 5.36. The zero-order valence-electron chi connectivity index (χ0n) is 9.74. The number of anilines is 1. The lowest BCUT2D eigenvalue weighted by molar-refractivity contribution is -0.119. The van der Waals surface area contributed by atoms with Gasteiger partial charge in [-0.05, 0) is 23.8 Å².